The molecule has 0 aliphatic heterocycles. The molecule has 0 aliphatic carbocycles. The third kappa shape index (κ3) is 5.23. The van der Waals surface area contributed by atoms with Crippen LogP contribution in [-0.2, 0) is 11.4 Å². The summed E-state index contributed by atoms with van der Waals surface area (Å²) in [5, 5.41) is 11.2. The van der Waals surface area contributed by atoms with Gasteiger partial charge >= 0.3 is 6.09 Å². The van der Waals surface area contributed by atoms with Gasteiger partial charge in [0.05, 0.1) is 13.2 Å². The third-order valence-corrected chi connectivity index (χ3v) is 4.25. The second kappa shape index (κ2) is 7.51. The highest BCUT2D eigenvalue weighted by Crippen LogP contribution is 2.20. The summed E-state index contributed by atoms with van der Waals surface area (Å²) in [5.74, 6) is 0.680. The van der Waals surface area contributed by atoms with Crippen molar-refractivity contribution in [1.29, 1.82) is 0 Å². The molecule has 0 spiro atoms. The van der Waals surface area contributed by atoms with Gasteiger partial charge in [0.15, 0.2) is 0 Å². The molecule has 0 radical (unpaired) electrons. The maximum Gasteiger partial charge on any atom is 0.405 e. The molecule has 0 bridgehead atoms. The summed E-state index contributed by atoms with van der Waals surface area (Å²) >= 11 is -1.49. The van der Waals surface area contributed by atoms with E-state index in [1.807, 2.05) is 20.8 Å². The molecule has 1 amide bonds. The minimum Gasteiger partial charge on any atom is -0.591 e. The van der Waals surface area contributed by atoms with Gasteiger partial charge in [-0.3, -0.25) is 0 Å². The van der Waals surface area contributed by atoms with Crippen LogP contribution in [-0.4, -0.2) is 39.4 Å². The van der Waals surface area contributed by atoms with Crippen molar-refractivity contribution >= 4 is 23.2 Å². The average Bonchev–Trinajstić information content (AvgIpc) is 2.42. The fourth-order valence-electron chi connectivity index (χ4n) is 1.62. The van der Waals surface area contributed by atoms with Gasteiger partial charge in [-0.2, -0.15) is 0 Å². The molecule has 2 N–H and O–H groups in total. The second-order valence-electron chi connectivity index (χ2n) is 5.74. The summed E-state index contributed by atoms with van der Waals surface area (Å²) in [4.78, 5) is 10.9. The maximum absolute atomic E-state index is 12.3. The Morgan fingerprint density at radius 3 is 2.32 bits per heavy atom. The number of nitrogens with one attached hydrogen (secondary N) is 1. The minimum absolute atomic E-state index is 0.429. The molecule has 0 fully saturated rings. The first-order valence-corrected chi connectivity index (χ1v) is 7.90. The van der Waals surface area contributed by atoms with Gasteiger partial charge in [-0.05, 0) is 52.0 Å². The second-order valence-corrected chi connectivity index (χ2v) is 7.64. The highest BCUT2D eigenvalue weighted by Gasteiger charge is 2.29. The zero-order valence-corrected chi connectivity index (χ0v) is 14.2. The minimum atomic E-state index is -1.49. The average molecular weight is 326 g/mol. The number of amides is 1. The van der Waals surface area contributed by atoms with Crippen LogP contribution in [0.4, 0.5) is 4.79 Å². The Bertz CT molecular complexity index is 537. The van der Waals surface area contributed by atoms with Gasteiger partial charge in [-0.1, -0.05) is 4.40 Å². The summed E-state index contributed by atoms with van der Waals surface area (Å²) in [7, 11) is 1.56. The van der Waals surface area contributed by atoms with Crippen molar-refractivity contribution in [2.75, 3.05) is 7.11 Å². The van der Waals surface area contributed by atoms with Crippen LogP contribution in [0.5, 0.6) is 5.75 Å². The van der Waals surface area contributed by atoms with Gasteiger partial charge in [0.1, 0.15) is 27.6 Å². The largest absolute Gasteiger partial charge is 0.591 e. The SMILES string of the molecule is COc1ccc(C(=N[S+]([O-])C(C)(C)C)[C@H](C)NC(=O)O)cc1. The van der Waals surface area contributed by atoms with Crippen molar-refractivity contribution < 1.29 is 19.2 Å². The summed E-state index contributed by atoms with van der Waals surface area (Å²) in [5.41, 5.74) is 1.12. The molecule has 0 saturated carbocycles. The van der Waals surface area contributed by atoms with E-state index in [1.54, 1.807) is 38.3 Å². The smallest absolute Gasteiger partial charge is 0.405 e. The van der Waals surface area contributed by atoms with Crippen LogP contribution in [0, 0.1) is 0 Å². The number of methoxy groups -OCH3 is 1. The van der Waals surface area contributed by atoms with E-state index >= 15 is 0 Å². The summed E-state index contributed by atoms with van der Waals surface area (Å²) in [6.07, 6.45) is -1.16. The molecule has 122 valence electrons. The molecular weight excluding hydrogens is 304 g/mol. The predicted molar refractivity (Wildman–Crippen MR) is 88.0 cm³/mol. The van der Waals surface area contributed by atoms with Crippen molar-refractivity contribution in [1.82, 2.24) is 5.32 Å². The number of hydrogen-bond donors (Lipinski definition) is 2. The van der Waals surface area contributed by atoms with Crippen LogP contribution in [0.15, 0.2) is 28.7 Å². The molecular formula is C15H22N2O4S. The molecule has 0 heterocycles. The van der Waals surface area contributed by atoms with Crippen molar-refractivity contribution in [3.05, 3.63) is 29.8 Å². The fourth-order valence-corrected chi connectivity index (χ4v) is 2.34. The van der Waals surface area contributed by atoms with Gasteiger partial charge in [0.2, 0.25) is 0 Å². The normalized spacial score (nSPS) is 15.1. The maximum atomic E-state index is 12.3. The van der Waals surface area contributed by atoms with Crippen molar-refractivity contribution in [3.63, 3.8) is 0 Å². The lowest BCUT2D eigenvalue weighted by atomic mass is 10.0. The van der Waals surface area contributed by atoms with E-state index in [0.717, 1.165) is 0 Å². The standard InChI is InChI=1S/C15H22N2O4S/c1-10(16-14(18)19)13(17-22(20)15(2,3)4)11-6-8-12(21-5)9-7-11/h6-10,16H,1-5H3,(H,18,19)/t10-,22?/m0/s1. The van der Waals surface area contributed by atoms with E-state index in [1.165, 1.54) is 0 Å². The monoisotopic (exact) mass is 326 g/mol. The lowest BCUT2D eigenvalue weighted by molar-refractivity contribution is 0.193. The predicted octanol–water partition coefficient (Wildman–Crippen LogP) is 2.60. The first-order chi connectivity index (χ1) is 10.1. The van der Waals surface area contributed by atoms with E-state index in [0.29, 0.717) is 17.0 Å². The molecule has 0 saturated heterocycles. The molecule has 6 nitrogen and oxygen atoms in total. The van der Waals surface area contributed by atoms with Gasteiger partial charge in [0, 0.05) is 5.56 Å². The molecule has 1 aromatic carbocycles. The Morgan fingerprint density at radius 2 is 1.91 bits per heavy atom. The molecule has 7 heteroatoms. The zero-order valence-electron chi connectivity index (χ0n) is 13.4. The van der Waals surface area contributed by atoms with E-state index in [2.05, 4.69) is 9.71 Å². The van der Waals surface area contributed by atoms with Crippen molar-refractivity contribution in [2.24, 2.45) is 4.40 Å². The van der Waals surface area contributed by atoms with Gasteiger partial charge in [-0.25, -0.2) is 4.79 Å². The van der Waals surface area contributed by atoms with Crippen LogP contribution < -0.4 is 10.1 Å². The van der Waals surface area contributed by atoms with E-state index in [-0.39, 0.29) is 0 Å². The summed E-state index contributed by atoms with van der Waals surface area (Å²) in [6.45, 7) is 7.10. The van der Waals surface area contributed by atoms with Gasteiger partial charge in [0.25, 0.3) is 0 Å². The van der Waals surface area contributed by atoms with Crippen LogP contribution in [0.1, 0.15) is 33.3 Å². The Hall–Kier alpha value is -1.73. The first-order valence-electron chi connectivity index (χ1n) is 6.79. The van der Waals surface area contributed by atoms with Crippen LogP contribution in [0.3, 0.4) is 0 Å². The van der Waals surface area contributed by atoms with Gasteiger partial charge < -0.3 is 19.7 Å². The number of benzene rings is 1. The Morgan fingerprint density at radius 1 is 1.36 bits per heavy atom. The van der Waals surface area contributed by atoms with E-state index in [4.69, 9.17) is 9.84 Å². The first kappa shape index (κ1) is 18.3. The summed E-state index contributed by atoms with van der Waals surface area (Å²) < 4.78 is 21.1. The van der Waals surface area contributed by atoms with Crippen molar-refractivity contribution in [3.8, 4) is 5.75 Å². The Kier molecular flexibility index (Phi) is 6.25. The molecule has 1 unspecified atom stereocenters. The number of carbonyl (C=O) groups is 1. The molecule has 22 heavy (non-hydrogen) atoms. The lowest BCUT2D eigenvalue weighted by Gasteiger charge is -2.21. The number of rotatable bonds is 5. The van der Waals surface area contributed by atoms with E-state index < -0.39 is 28.2 Å². The number of hydrogen-bond acceptors (Lipinski definition) is 4. The summed E-state index contributed by atoms with van der Waals surface area (Å²) in [6, 6.07) is 6.43. The van der Waals surface area contributed by atoms with Crippen LogP contribution in [0.2, 0.25) is 0 Å². The lowest BCUT2D eigenvalue weighted by Crippen LogP contribution is -2.39. The van der Waals surface area contributed by atoms with Crippen LogP contribution >= 0.6 is 0 Å². The molecule has 0 aromatic heterocycles. The number of ether oxygens (including phenoxy) is 1. The third-order valence-electron chi connectivity index (χ3n) is 2.84. The highest BCUT2D eigenvalue weighted by atomic mass is 32.2. The van der Waals surface area contributed by atoms with E-state index in [9.17, 15) is 9.35 Å². The Labute approximate surface area is 133 Å². The Balaban J connectivity index is 3.20. The number of nitrogens with zero attached hydrogens (tertiary/aromatic N) is 1. The molecule has 2 atom stereocenters. The topological polar surface area (TPSA) is 94.0 Å². The van der Waals surface area contributed by atoms with Gasteiger partial charge in [-0.15, -0.1) is 0 Å². The van der Waals surface area contributed by atoms with Crippen molar-refractivity contribution in [2.45, 2.75) is 38.5 Å². The van der Waals surface area contributed by atoms with Crippen LogP contribution in [0.25, 0.3) is 0 Å². The highest BCUT2D eigenvalue weighted by molar-refractivity contribution is 7.91. The molecule has 1 rings (SSSR count). The molecule has 1 aromatic rings. The zero-order chi connectivity index (χ0) is 16.9. The number of carboxylic acid groups (broad SMARTS) is 1. The molecule has 0 aliphatic rings. The fraction of sp³-hybridized carbons (Fsp3) is 0.467. The quantitative estimate of drug-likeness (QED) is 0.642.